The Morgan fingerprint density at radius 1 is 1.24 bits per heavy atom. The first-order chi connectivity index (χ1) is 13.7. The summed E-state index contributed by atoms with van der Waals surface area (Å²) in [5.41, 5.74) is -1.28. The summed E-state index contributed by atoms with van der Waals surface area (Å²) >= 11 is 1.43. The van der Waals surface area contributed by atoms with Crippen LogP contribution in [0.2, 0.25) is 0 Å². The Bertz CT molecular complexity index is 1040. The van der Waals surface area contributed by atoms with Gasteiger partial charge >= 0.3 is 0 Å². The molecule has 0 radical (unpaired) electrons. The fraction of sp³-hybridized carbons (Fsp3) is 0.300. The van der Waals surface area contributed by atoms with Gasteiger partial charge in [0.05, 0.1) is 18.3 Å². The van der Waals surface area contributed by atoms with Gasteiger partial charge < -0.3 is 10.4 Å². The van der Waals surface area contributed by atoms with Crippen LogP contribution < -0.4 is 10.9 Å². The lowest BCUT2D eigenvalue weighted by molar-refractivity contribution is -0.119. The molecule has 0 spiro atoms. The summed E-state index contributed by atoms with van der Waals surface area (Å²) in [6.07, 6.45) is 3.24. The van der Waals surface area contributed by atoms with E-state index in [9.17, 15) is 14.7 Å². The molecule has 0 fully saturated rings. The molecular formula is C20H23N5O3S. The zero-order valence-corrected chi connectivity index (χ0v) is 17.3. The molecule has 29 heavy (non-hydrogen) atoms. The monoisotopic (exact) mass is 413 g/mol. The molecule has 2 N–H and O–H groups in total. The third kappa shape index (κ3) is 5.78. The molecule has 1 amide bonds. The summed E-state index contributed by atoms with van der Waals surface area (Å²) in [6.45, 7) is 5.24. The molecule has 0 aliphatic heterocycles. The predicted molar refractivity (Wildman–Crippen MR) is 111 cm³/mol. The van der Waals surface area contributed by atoms with E-state index in [2.05, 4.69) is 15.5 Å². The van der Waals surface area contributed by atoms with E-state index in [1.165, 1.54) is 17.8 Å². The second-order valence-corrected chi connectivity index (χ2v) is 8.41. The second-order valence-electron chi connectivity index (χ2n) is 7.27. The van der Waals surface area contributed by atoms with Crippen molar-refractivity contribution in [3.8, 4) is 0 Å². The van der Waals surface area contributed by atoms with Crippen molar-refractivity contribution in [1.82, 2.24) is 19.6 Å². The fourth-order valence-electron chi connectivity index (χ4n) is 2.63. The number of anilines is 1. The van der Waals surface area contributed by atoms with E-state index in [-0.39, 0.29) is 5.56 Å². The maximum Gasteiger partial charge on any atom is 0.268 e. The van der Waals surface area contributed by atoms with Crippen LogP contribution in [0.25, 0.3) is 0 Å². The summed E-state index contributed by atoms with van der Waals surface area (Å²) in [6, 6.07) is 12.0. The smallest absolute Gasteiger partial charge is 0.268 e. The molecular weight excluding hydrogens is 390 g/mol. The standard InChI is InChI=1S/C20H23N5O3S/c1-14(19(27)22-17-9-10-24(23-17)13-20(2,3)28)25-18(26)11-16(12-21-25)29-15-7-5-4-6-8-15/h4-12,14,28H,13H2,1-3H3,(H,22,23,27). The van der Waals surface area contributed by atoms with Crippen molar-refractivity contribution in [1.29, 1.82) is 0 Å². The quantitative estimate of drug-likeness (QED) is 0.617. The van der Waals surface area contributed by atoms with Gasteiger partial charge in [-0.25, -0.2) is 4.68 Å². The summed E-state index contributed by atoms with van der Waals surface area (Å²) in [7, 11) is 0. The summed E-state index contributed by atoms with van der Waals surface area (Å²) in [5.74, 6) is -0.0630. The van der Waals surface area contributed by atoms with Crippen LogP contribution >= 0.6 is 11.8 Å². The molecule has 152 valence electrons. The van der Waals surface area contributed by atoms with Gasteiger partial charge in [0.2, 0.25) is 5.91 Å². The van der Waals surface area contributed by atoms with Crippen molar-refractivity contribution in [2.45, 2.75) is 48.7 Å². The Morgan fingerprint density at radius 3 is 2.62 bits per heavy atom. The van der Waals surface area contributed by atoms with Gasteiger partial charge in [-0.15, -0.1) is 0 Å². The van der Waals surface area contributed by atoms with Crippen molar-refractivity contribution >= 4 is 23.5 Å². The van der Waals surface area contributed by atoms with Gasteiger partial charge in [-0.05, 0) is 32.9 Å². The van der Waals surface area contributed by atoms with Crippen molar-refractivity contribution in [3.05, 3.63) is 65.2 Å². The molecule has 0 aliphatic carbocycles. The molecule has 3 aromatic rings. The molecule has 3 rings (SSSR count). The van der Waals surface area contributed by atoms with Gasteiger partial charge in [-0.2, -0.15) is 10.2 Å². The van der Waals surface area contributed by atoms with E-state index >= 15 is 0 Å². The van der Waals surface area contributed by atoms with Crippen LogP contribution in [0.4, 0.5) is 5.82 Å². The first-order valence-corrected chi connectivity index (χ1v) is 9.91. The minimum absolute atomic E-state index is 0.292. The van der Waals surface area contributed by atoms with Gasteiger partial charge in [0.15, 0.2) is 5.82 Å². The van der Waals surface area contributed by atoms with E-state index in [4.69, 9.17) is 0 Å². The van der Waals surface area contributed by atoms with Gasteiger partial charge in [0.1, 0.15) is 6.04 Å². The minimum Gasteiger partial charge on any atom is -0.389 e. The van der Waals surface area contributed by atoms with Gasteiger partial charge in [-0.1, -0.05) is 30.0 Å². The van der Waals surface area contributed by atoms with Crippen LogP contribution in [-0.4, -0.2) is 36.2 Å². The highest BCUT2D eigenvalue weighted by atomic mass is 32.2. The molecule has 1 aromatic carbocycles. The Labute approximate surface area is 172 Å². The van der Waals surface area contributed by atoms with Crippen LogP contribution in [0.5, 0.6) is 0 Å². The first-order valence-electron chi connectivity index (χ1n) is 9.10. The molecule has 1 unspecified atom stereocenters. The Balaban J connectivity index is 1.67. The number of nitrogens with zero attached hydrogens (tertiary/aromatic N) is 4. The predicted octanol–water partition coefficient (Wildman–Crippen LogP) is 2.56. The molecule has 0 saturated heterocycles. The van der Waals surface area contributed by atoms with E-state index < -0.39 is 17.6 Å². The van der Waals surface area contributed by atoms with Crippen molar-refractivity contribution in [3.63, 3.8) is 0 Å². The highest BCUT2D eigenvalue weighted by Crippen LogP contribution is 2.25. The third-order valence-corrected chi connectivity index (χ3v) is 4.93. The van der Waals surface area contributed by atoms with Crippen molar-refractivity contribution < 1.29 is 9.90 Å². The molecule has 8 nitrogen and oxygen atoms in total. The van der Waals surface area contributed by atoms with Crippen LogP contribution in [0.3, 0.4) is 0 Å². The van der Waals surface area contributed by atoms with Crippen molar-refractivity contribution in [2.24, 2.45) is 0 Å². The maximum absolute atomic E-state index is 12.5. The SMILES string of the molecule is CC(C(=O)Nc1ccn(CC(C)(C)O)n1)n1ncc(Sc2ccccc2)cc1=O. The molecule has 0 bridgehead atoms. The lowest BCUT2D eigenvalue weighted by Gasteiger charge is -2.16. The summed E-state index contributed by atoms with van der Waals surface area (Å²) < 4.78 is 2.68. The fourth-order valence-corrected chi connectivity index (χ4v) is 3.45. The number of carbonyl (C=O) groups is 1. The first kappa shape index (κ1) is 20.8. The van der Waals surface area contributed by atoms with Crippen LogP contribution in [0.15, 0.2) is 69.4 Å². The number of rotatable bonds is 7. The molecule has 2 heterocycles. The molecule has 1 atom stereocenters. The van der Waals surface area contributed by atoms with Gasteiger partial charge in [0, 0.05) is 28.1 Å². The zero-order valence-electron chi connectivity index (χ0n) is 16.4. The van der Waals surface area contributed by atoms with Gasteiger partial charge in [0.25, 0.3) is 5.56 Å². The third-order valence-electron chi connectivity index (χ3n) is 3.97. The number of hydrogen-bond donors (Lipinski definition) is 2. The number of aromatic nitrogens is 4. The van der Waals surface area contributed by atoms with Crippen LogP contribution in [0, 0.1) is 0 Å². The lowest BCUT2D eigenvalue weighted by Crippen LogP contribution is -2.33. The summed E-state index contributed by atoms with van der Waals surface area (Å²) in [4.78, 5) is 26.7. The average Bonchev–Trinajstić information content (AvgIpc) is 3.07. The number of benzene rings is 1. The highest BCUT2D eigenvalue weighted by Gasteiger charge is 2.19. The Kier molecular flexibility index (Phi) is 6.19. The normalized spacial score (nSPS) is 12.6. The number of carbonyl (C=O) groups excluding carboxylic acids is 1. The van der Waals surface area contributed by atoms with Crippen LogP contribution in [0.1, 0.15) is 26.8 Å². The second kappa shape index (κ2) is 8.62. The van der Waals surface area contributed by atoms with Gasteiger partial charge in [-0.3, -0.25) is 14.3 Å². The maximum atomic E-state index is 12.5. The molecule has 9 heteroatoms. The minimum atomic E-state index is -0.919. The van der Waals surface area contributed by atoms with Crippen molar-refractivity contribution in [2.75, 3.05) is 5.32 Å². The number of aliphatic hydroxyl groups is 1. The Hall–Kier alpha value is -2.91. The lowest BCUT2D eigenvalue weighted by atomic mass is 10.1. The van der Waals surface area contributed by atoms with E-state index in [1.807, 2.05) is 30.3 Å². The number of nitrogens with one attached hydrogen (secondary N) is 1. The Morgan fingerprint density at radius 2 is 1.97 bits per heavy atom. The van der Waals surface area contributed by atoms with E-state index in [0.29, 0.717) is 17.3 Å². The zero-order chi connectivity index (χ0) is 21.0. The summed E-state index contributed by atoms with van der Waals surface area (Å²) in [5, 5.41) is 20.9. The molecule has 0 saturated carbocycles. The topological polar surface area (TPSA) is 102 Å². The highest BCUT2D eigenvalue weighted by molar-refractivity contribution is 7.99. The average molecular weight is 414 g/mol. The molecule has 0 aliphatic rings. The molecule has 2 aromatic heterocycles. The number of amides is 1. The number of hydrogen-bond acceptors (Lipinski definition) is 6. The van der Waals surface area contributed by atoms with E-state index in [0.717, 1.165) is 9.58 Å². The van der Waals surface area contributed by atoms with Crippen LogP contribution in [-0.2, 0) is 11.3 Å². The largest absolute Gasteiger partial charge is 0.389 e. The van der Waals surface area contributed by atoms with E-state index in [1.54, 1.807) is 43.9 Å².